The molecule has 0 radical (unpaired) electrons. The molecule has 0 N–H and O–H groups in total. The summed E-state index contributed by atoms with van der Waals surface area (Å²) < 4.78 is 12.0. The van der Waals surface area contributed by atoms with Gasteiger partial charge in [-0.1, -0.05) is 43.3 Å². The van der Waals surface area contributed by atoms with E-state index in [4.69, 9.17) is 9.47 Å². The predicted octanol–water partition coefficient (Wildman–Crippen LogP) is 4.76. The SMILES string of the molecule is CC1=CC(C)C(N(C(=O)COc2cccc3c2OC(C)(C)C3)c2ccccc2)=N1. The number of ether oxygens (including phenoxy) is 2. The van der Waals surface area contributed by atoms with Crippen LogP contribution in [0.5, 0.6) is 11.5 Å². The molecule has 2 aliphatic rings. The maximum Gasteiger partial charge on any atom is 0.270 e. The third-order valence-electron chi connectivity index (χ3n) is 5.09. The molecule has 1 atom stereocenters. The molecule has 2 aliphatic heterocycles. The van der Waals surface area contributed by atoms with Crippen LogP contribution in [0, 0.1) is 5.92 Å². The van der Waals surface area contributed by atoms with Crippen LogP contribution < -0.4 is 14.4 Å². The number of para-hydroxylation sites is 2. The number of benzene rings is 2. The molecule has 4 rings (SSSR count). The number of hydrogen-bond acceptors (Lipinski definition) is 4. The van der Waals surface area contributed by atoms with Crippen LogP contribution in [0.2, 0.25) is 0 Å². The molecule has 29 heavy (non-hydrogen) atoms. The van der Waals surface area contributed by atoms with Crippen molar-refractivity contribution < 1.29 is 14.3 Å². The Hall–Kier alpha value is -3.08. The lowest BCUT2D eigenvalue weighted by Crippen LogP contribution is -2.42. The number of carbonyl (C=O) groups is 1. The number of anilines is 1. The third kappa shape index (κ3) is 3.90. The minimum absolute atomic E-state index is 0.0595. The van der Waals surface area contributed by atoms with E-state index in [1.165, 1.54) is 0 Å². The Morgan fingerprint density at radius 2 is 1.97 bits per heavy atom. The summed E-state index contributed by atoms with van der Waals surface area (Å²) >= 11 is 0. The summed E-state index contributed by atoms with van der Waals surface area (Å²) in [5, 5.41) is 0. The molecule has 0 spiro atoms. The van der Waals surface area contributed by atoms with Gasteiger partial charge in [-0.3, -0.25) is 9.69 Å². The quantitative estimate of drug-likeness (QED) is 0.756. The maximum atomic E-state index is 13.2. The van der Waals surface area contributed by atoms with Gasteiger partial charge < -0.3 is 9.47 Å². The Morgan fingerprint density at radius 1 is 1.21 bits per heavy atom. The van der Waals surface area contributed by atoms with Gasteiger partial charge >= 0.3 is 0 Å². The predicted molar refractivity (Wildman–Crippen MR) is 115 cm³/mol. The summed E-state index contributed by atoms with van der Waals surface area (Å²) in [4.78, 5) is 19.5. The van der Waals surface area contributed by atoms with Crippen molar-refractivity contribution in [1.29, 1.82) is 0 Å². The van der Waals surface area contributed by atoms with Crippen LogP contribution in [0.4, 0.5) is 5.69 Å². The van der Waals surface area contributed by atoms with Crippen LogP contribution in [0.3, 0.4) is 0 Å². The first-order valence-electron chi connectivity index (χ1n) is 9.93. The smallest absolute Gasteiger partial charge is 0.270 e. The van der Waals surface area contributed by atoms with Crippen LogP contribution in [-0.2, 0) is 11.2 Å². The standard InChI is InChI=1S/C24H26N2O3/c1-16-13-17(2)25-23(16)26(19-10-6-5-7-11-19)21(27)15-28-20-12-8-9-18-14-24(3,4)29-22(18)20/h5-13,16H,14-15H2,1-4H3. The van der Waals surface area contributed by atoms with Crippen LogP contribution in [-0.4, -0.2) is 24.0 Å². The van der Waals surface area contributed by atoms with E-state index in [0.717, 1.165) is 35.0 Å². The molecule has 0 fully saturated rings. The van der Waals surface area contributed by atoms with Gasteiger partial charge in [-0.2, -0.15) is 0 Å². The number of nitrogens with zero attached hydrogens (tertiary/aromatic N) is 2. The van der Waals surface area contributed by atoms with E-state index in [-0.39, 0.29) is 24.0 Å². The minimum atomic E-state index is -0.265. The van der Waals surface area contributed by atoms with E-state index in [0.29, 0.717) is 5.75 Å². The van der Waals surface area contributed by atoms with E-state index in [2.05, 4.69) is 11.1 Å². The van der Waals surface area contributed by atoms with Crippen molar-refractivity contribution in [2.45, 2.75) is 39.7 Å². The molecular weight excluding hydrogens is 364 g/mol. The molecule has 0 saturated carbocycles. The van der Waals surface area contributed by atoms with Crippen molar-refractivity contribution >= 4 is 17.4 Å². The van der Waals surface area contributed by atoms with Crippen LogP contribution >= 0.6 is 0 Å². The van der Waals surface area contributed by atoms with E-state index >= 15 is 0 Å². The highest BCUT2D eigenvalue weighted by atomic mass is 16.5. The van der Waals surface area contributed by atoms with Crippen molar-refractivity contribution in [1.82, 2.24) is 0 Å². The fourth-order valence-corrected chi connectivity index (χ4v) is 3.90. The minimum Gasteiger partial charge on any atom is -0.483 e. The topological polar surface area (TPSA) is 51.1 Å². The lowest BCUT2D eigenvalue weighted by molar-refractivity contribution is -0.119. The van der Waals surface area contributed by atoms with Crippen molar-refractivity contribution in [2.24, 2.45) is 10.9 Å². The Bertz CT molecular complexity index is 992. The van der Waals surface area contributed by atoms with Crippen LogP contribution in [0.15, 0.2) is 65.3 Å². The third-order valence-corrected chi connectivity index (χ3v) is 5.09. The molecule has 0 aromatic heterocycles. The molecular formula is C24H26N2O3. The summed E-state index contributed by atoms with van der Waals surface area (Å²) in [5.41, 5.74) is 2.54. The van der Waals surface area contributed by atoms with Gasteiger partial charge in [0.15, 0.2) is 18.1 Å². The van der Waals surface area contributed by atoms with Gasteiger partial charge in [0.25, 0.3) is 5.91 Å². The Morgan fingerprint density at radius 3 is 2.66 bits per heavy atom. The monoisotopic (exact) mass is 390 g/mol. The number of fused-ring (bicyclic) bond motifs is 1. The molecule has 0 aliphatic carbocycles. The maximum absolute atomic E-state index is 13.2. The zero-order valence-electron chi connectivity index (χ0n) is 17.3. The lowest BCUT2D eigenvalue weighted by atomic mass is 10.0. The summed E-state index contributed by atoms with van der Waals surface area (Å²) in [5.74, 6) is 1.95. The van der Waals surface area contributed by atoms with Crippen molar-refractivity contribution in [3.8, 4) is 11.5 Å². The summed E-state index contributed by atoms with van der Waals surface area (Å²) in [6.07, 6.45) is 2.88. The average Bonchev–Trinajstić information content (AvgIpc) is 3.18. The van der Waals surface area contributed by atoms with Gasteiger partial charge in [0.05, 0.1) is 5.69 Å². The fraction of sp³-hybridized carbons (Fsp3) is 0.333. The zero-order chi connectivity index (χ0) is 20.6. The van der Waals surface area contributed by atoms with E-state index in [1.807, 2.05) is 76.2 Å². The van der Waals surface area contributed by atoms with Crippen LogP contribution in [0.25, 0.3) is 0 Å². The second kappa shape index (κ2) is 7.39. The van der Waals surface area contributed by atoms with Crippen molar-refractivity contribution in [3.05, 3.63) is 65.9 Å². The Labute approximate surface area is 171 Å². The highest BCUT2D eigenvalue weighted by molar-refractivity contribution is 6.19. The van der Waals surface area contributed by atoms with E-state index < -0.39 is 0 Å². The van der Waals surface area contributed by atoms with Gasteiger partial charge in [-0.15, -0.1) is 0 Å². The Kier molecular flexibility index (Phi) is 4.91. The molecule has 2 aromatic rings. The second-order valence-corrected chi connectivity index (χ2v) is 8.20. The molecule has 150 valence electrons. The highest BCUT2D eigenvalue weighted by Gasteiger charge is 2.33. The van der Waals surface area contributed by atoms with Gasteiger partial charge in [0, 0.05) is 23.6 Å². The van der Waals surface area contributed by atoms with Gasteiger partial charge in [-0.05, 0) is 39.0 Å². The first-order valence-corrected chi connectivity index (χ1v) is 9.93. The molecule has 5 nitrogen and oxygen atoms in total. The number of carbonyl (C=O) groups excluding carboxylic acids is 1. The normalized spacial score (nSPS) is 19.1. The van der Waals surface area contributed by atoms with E-state index in [1.54, 1.807) is 4.90 Å². The molecule has 1 amide bonds. The second-order valence-electron chi connectivity index (χ2n) is 8.20. The number of amides is 1. The largest absolute Gasteiger partial charge is 0.483 e. The van der Waals surface area contributed by atoms with Crippen molar-refractivity contribution in [2.75, 3.05) is 11.5 Å². The number of allylic oxidation sites excluding steroid dienone is 1. The number of hydrogen-bond donors (Lipinski definition) is 0. The van der Waals surface area contributed by atoms with Gasteiger partial charge in [0.1, 0.15) is 11.4 Å². The lowest BCUT2D eigenvalue weighted by Gasteiger charge is -2.25. The number of amidine groups is 1. The number of aliphatic imine (C=N–C) groups is 1. The summed E-state index contributed by atoms with van der Waals surface area (Å²) in [6, 6.07) is 15.4. The molecule has 0 bridgehead atoms. The summed E-state index contributed by atoms with van der Waals surface area (Å²) in [7, 11) is 0. The first kappa shape index (κ1) is 19.2. The molecule has 2 aromatic carbocycles. The fourth-order valence-electron chi connectivity index (χ4n) is 3.90. The van der Waals surface area contributed by atoms with Crippen molar-refractivity contribution in [3.63, 3.8) is 0 Å². The average molecular weight is 390 g/mol. The highest BCUT2D eigenvalue weighted by Crippen LogP contribution is 2.41. The van der Waals surface area contributed by atoms with Gasteiger partial charge in [0.2, 0.25) is 0 Å². The van der Waals surface area contributed by atoms with Crippen LogP contribution in [0.1, 0.15) is 33.3 Å². The molecule has 1 unspecified atom stereocenters. The molecule has 0 saturated heterocycles. The zero-order valence-corrected chi connectivity index (χ0v) is 17.3. The number of rotatable bonds is 4. The summed E-state index contributed by atoms with van der Waals surface area (Å²) in [6.45, 7) is 7.99. The molecule has 5 heteroatoms. The van der Waals surface area contributed by atoms with Gasteiger partial charge in [-0.25, -0.2) is 4.99 Å². The van der Waals surface area contributed by atoms with E-state index in [9.17, 15) is 4.79 Å². The first-order chi connectivity index (χ1) is 13.8. The molecule has 2 heterocycles. The Balaban J connectivity index is 1.57.